The Bertz CT molecular complexity index is 723. The lowest BCUT2D eigenvalue weighted by Gasteiger charge is -2.33. The molecule has 0 aliphatic carbocycles. The molecule has 3 heterocycles. The SMILES string of the molecule is Nc1nc2sccn2c1S(=O)(=O)N1CCOCC1CO. The highest BCUT2D eigenvalue weighted by molar-refractivity contribution is 7.89. The van der Waals surface area contributed by atoms with Gasteiger partial charge in [-0.3, -0.25) is 4.40 Å². The molecule has 0 bridgehead atoms. The third-order valence-electron chi connectivity index (χ3n) is 3.18. The van der Waals surface area contributed by atoms with Crippen molar-refractivity contribution in [1.29, 1.82) is 0 Å². The number of ether oxygens (including phenoxy) is 1. The van der Waals surface area contributed by atoms with Gasteiger partial charge in [0.05, 0.1) is 25.9 Å². The number of fused-ring (bicyclic) bond motifs is 1. The molecule has 1 fully saturated rings. The second-order valence-corrected chi connectivity index (χ2v) is 7.06. The summed E-state index contributed by atoms with van der Waals surface area (Å²) >= 11 is 1.31. The van der Waals surface area contributed by atoms with Crippen molar-refractivity contribution in [3.63, 3.8) is 0 Å². The molecule has 0 amide bonds. The molecule has 3 rings (SSSR count). The Morgan fingerprint density at radius 3 is 3.15 bits per heavy atom. The predicted octanol–water partition coefficient (Wildman–Crippen LogP) is -0.640. The van der Waals surface area contributed by atoms with Crippen molar-refractivity contribution in [3.8, 4) is 0 Å². The van der Waals surface area contributed by atoms with E-state index < -0.39 is 16.1 Å². The van der Waals surface area contributed by atoms with Crippen LogP contribution in [0.15, 0.2) is 16.6 Å². The molecule has 3 N–H and O–H groups in total. The molecule has 1 aliphatic rings. The Labute approximate surface area is 119 Å². The summed E-state index contributed by atoms with van der Waals surface area (Å²) in [5, 5.41) is 11.0. The fraction of sp³-hybridized carbons (Fsp3) is 0.500. The van der Waals surface area contributed by atoms with Crippen molar-refractivity contribution in [2.75, 3.05) is 32.1 Å². The van der Waals surface area contributed by atoms with Crippen LogP contribution in [0.1, 0.15) is 0 Å². The summed E-state index contributed by atoms with van der Waals surface area (Å²) in [6.07, 6.45) is 1.62. The van der Waals surface area contributed by atoms with Crippen LogP contribution >= 0.6 is 11.3 Å². The average Bonchev–Trinajstić information content (AvgIpc) is 2.97. The van der Waals surface area contributed by atoms with Crippen LogP contribution in [0.3, 0.4) is 0 Å². The minimum atomic E-state index is -3.83. The van der Waals surface area contributed by atoms with E-state index in [1.807, 2.05) is 0 Å². The molecule has 1 atom stereocenters. The van der Waals surface area contributed by atoms with Crippen molar-refractivity contribution >= 4 is 32.1 Å². The molecule has 0 saturated carbocycles. The number of anilines is 1. The summed E-state index contributed by atoms with van der Waals surface area (Å²) < 4.78 is 33.4. The molecule has 1 unspecified atom stereocenters. The van der Waals surface area contributed by atoms with Gasteiger partial charge in [0, 0.05) is 18.1 Å². The van der Waals surface area contributed by atoms with Gasteiger partial charge in [-0.15, -0.1) is 11.3 Å². The van der Waals surface area contributed by atoms with Crippen molar-refractivity contribution in [2.45, 2.75) is 11.1 Å². The predicted molar refractivity (Wildman–Crippen MR) is 73.1 cm³/mol. The Morgan fingerprint density at radius 2 is 2.40 bits per heavy atom. The van der Waals surface area contributed by atoms with Crippen LogP contribution in [-0.2, 0) is 14.8 Å². The molecule has 0 spiro atoms. The number of aliphatic hydroxyl groups is 1. The van der Waals surface area contributed by atoms with Crippen LogP contribution in [0.2, 0.25) is 0 Å². The lowest BCUT2D eigenvalue weighted by Crippen LogP contribution is -2.50. The maximum Gasteiger partial charge on any atom is 0.263 e. The number of morpholine rings is 1. The largest absolute Gasteiger partial charge is 0.395 e. The number of nitrogens with zero attached hydrogens (tertiary/aromatic N) is 3. The van der Waals surface area contributed by atoms with Crippen LogP contribution in [0.5, 0.6) is 0 Å². The Morgan fingerprint density at radius 1 is 1.60 bits per heavy atom. The van der Waals surface area contributed by atoms with Crippen molar-refractivity contribution in [1.82, 2.24) is 13.7 Å². The number of aromatic nitrogens is 2. The van der Waals surface area contributed by atoms with Gasteiger partial charge in [0.15, 0.2) is 15.8 Å². The van der Waals surface area contributed by atoms with E-state index in [-0.39, 0.29) is 30.6 Å². The molecule has 2 aromatic heterocycles. The summed E-state index contributed by atoms with van der Waals surface area (Å²) in [6.45, 7) is 0.345. The lowest BCUT2D eigenvalue weighted by molar-refractivity contribution is 0.0108. The smallest absolute Gasteiger partial charge is 0.263 e. The first-order valence-electron chi connectivity index (χ1n) is 5.97. The van der Waals surface area contributed by atoms with Crippen LogP contribution in [0, 0.1) is 0 Å². The number of nitrogens with two attached hydrogens (primary N) is 1. The number of imidazole rings is 1. The van der Waals surface area contributed by atoms with E-state index in [1.54, 1.807) is 11.6 Å². The Hall–Kier alpha value is -1.20. The number of sulfonamides is 1. The number of nitrogen functional groups attached to an aromatic ring is 1. The van der Waals surface area contributed by atoms with Gasteiger partial charge in [-0.2, -0.15) is 4.31 Å². The van der Waals surface area contributed by atoms with Crippen LogP contribution in [-0.4, -0.2) is 59.6 Å². The standard InChI is InChI=1S/C10H14N4O4S2/c11-8-9(13-2-4-19-10(13)12-8)20(16,17)14-1-3-18-6-7(14)5-15/h2,4,7,15H,1,3,5-6,11H2. The summed E-state index contributed by atoms with van der Waals surface area (Å²) in [7, 11) is -3.83. The first-order valence-corrected chi connectivity index (χ1v) is 8.29. The maximum atomic E-state index is 12.8. The van der Waals surface area contributed by atoms with Gasteiger partial charge in [0.25, 0.3) is 10.0 Å². The van der Waals surface area contributed by atoms with E-state index >= 15 is 0 Å². The zero-order valence-corrected chi connectivity index (χ0v) is 12.1. The number of hydrogen-bond donors (Lipinski definition) is 2. The van der Waals surface area contributed by atoms with Gasteiger partial charge in [0.1, 0.15) is 0 Å². The van der Waals surface area contributed by atoms with Crippen LogP contribution < -0.4 is 5.73 Å². The normalized spacial score (nSPS) is 21.6. The maximum absolute atomic E-state index is 12.8. The average molecular weight is 318 g/mol. The lowest BCUT2D eigenvalue weighted by atomic mass is 10.3. The van der Waals surface area contributed by atoms with Gasteiger partial charge in [-0.1, -0.05) is 0 Å². The third-order valence-corrected chi connectivity index (χ3v) is 5.93. The zero-order valence-electron chi connectivity index (χ0n) is 10.5. The first kappa shape index (κ1) is 13.8. The van der Waals surface area contributed by atoms with Gasteiger partial charge in [-0.05, 0) is 0 Å². The summed E-state index contributed by atoms with van der Waals surface area (Å²) in [4.78, 5) is 4.57. The minimum Gasteiger partial charge on any atom is -0.395 e. The highest BCUT2D eigenvalue weighted by Gasteiger charge is 2.37. The summed E-state index contributed by atoms with van der Waals surface area (Å²) in [5.74, 6) is -0.0277. The highest BCUT2D eigenvalue weighted by Crippen LogP contribution is 2.28. The van der Waals surface area contributed by atoms with Gasteiger partial charge >= 0.3 is 0 Å². The monoisotopic (exact) mass is 318 g/mol. The molecule has 0 aromatic carbocycles. The number of aliphatic hydroxyl groups excluding tert-OH is 1. The Kier molecular flexibility index (Phi) is 3.42. The fourth-order valence-electron chi connectivity index (χ4n) is 2.25. The fourth-order valence-corrected chi connectivity index (χ4v) is 4.79. The van der Waals surface area contributed by atoms with Gasteiger partial charge < -0.3 is 15.6 Å². The quantitative estimate of drug-likeness (QED) is 0.779. The van der Waals surface area contributed by atoms with Crippen molar-refractivity contribution in [2.24, 2.45) is 0 Å². The molecular weight excluding hydrogens is 304 g/mol. The van der Waals surface area contributed by atoms with E-state index in [9.17, 15) is 13.5 Å². The zero-order chi connectivity index (χ0) is 14.3. The molecule has 1 saturated heterocycles. The molecule has 20 heavy (non-hydrogen) atoms. The van der Waals surface area contributed by atoms with Gasteiger partial charge in [-0.25, -0.2) is 13.4 Å². The number of thiazole rings is 1. The van der Waals surface area contributed by atoms with E-state index in [2.05, 4.69) is 4.98 Å². The highest BCUT2D eigenvalue weighted by atomic mass is 32.2. The number of hydrogen-bond acceptors (Lipinski definition) is 7. The molecule has 0 radical (unpaired) electrons. The van der Waals surface area contributed by atoms with Crippen LogP contribution in [0.25, 0.3) is 4.96 Å². The second-order valence-electron chi connectivity index (χ2n) is 4.38. The van der Waals surface area contributed by atoms with E-state index in [0.29, 0.717) is 11.6 Å². The van der Waals surface area contributed by atoms with E-state index in [0.717, 1.165) is 0 Å². The topological polar surface area (TPSA) is 110 Å². The first-order chi connectivity index (χ1) is 9.55. The molecule has 2 aromatic rings. The van der Waals surface area contributed by atoms with Gasteiger partial charge in [0.2, 0.25) is 0 Å². The van der Waals surface area contributed by atoms with Crippen LogP contribution in [0.4, 0.5) is 5.82 Å². The molecule has 10 heteroatoms. The molecule has 110 valence electrons. The molecular formula is C10H14N4O4S2. The minimum absolute atomic E-state index is 0.0277. The van der Waals surface area contributed by atoms with Crippen molar-refractivity contribution < 1.29 is 18.3 Å². The third kappa shape index (κ3) is 2.00. The number of rotatable bonds is 3. The second kappa shape index (κ2) is 4.97. The van der Waals surface area contributed by atoms with E-state index in [1.165, 1.54) is 20.0 Å². The summed E-state index contributed by atoms with van der Waals surface area (Å²) in [5.41, 5.74) is 5.75. The Balaban J connectivity index is 2.11. The van der Waals surface area contributed by atoms with Crippen molar-refractivity contribution in [3.05, 3.63) is 11.6 Å². The van der Waals surface area contributed by atoms with E-state index in [4.69, 9.17) is 10.5 Å². The summed E-state index contributed by atoms with van der Waals surface area (Å²) in [6, 6.07) is -0.600. The molecule has 1 aliphatic heterocycles. The molecule has 8 nitrogen and oxygen atoms in total.